The number of thiazole rings is 1. The normalized spacial score (nSPS) is 15.3. The monoisotopic (exact) mass is 369 g/mol. The van der Waals surface area contributed by atoms with Crippen LogP contribution in [0.5, 0.6) is 0 Å². The van der Waals surface area contributed by atoms with Crippen LogP contribution >= 0.6 is 11.3 Å². The second-order valence-corrected chi connectivity index (χ2v) is 7.68. The molecular formula is C19H19N3O3S. The molecule has 134 valence electrons. The van der Waals surface area contributed by atoms with Crippen LogP contribution in [-0.2, 0) is 4.79 Å². The molecule has 2 aromatic heterocycles. The summed E-state index contributed by atoms with van der Waals surface area (Å²) in [5.41, 5.74) is 1.75. The van der Waals surface area contributed by atoms with Gasteiger partial charge in [-0.2, -0.15) is 0 Å². The highest BCUT2D eigenvalue weighted by molar-refractivity contribution is 7.18. The van der Waals surface area contributed by atoms with Crippen LogP contribution in [0, 0.1) is 12.8 Å². The van der Waals surface area contributed by atoms with E-state index < -0.39 is 0 Å². The van der Waals surface area contributed by atoms with E-state index in [0.717, 1.165) is 20.9 Å². The Morgan fingerprint density at radius 1 is 1.27 bits per heavy atom. The largest absolute Gasteiger partial charge is 0.459 e. The van der Waals surface area contributed by atoms with Gasteiger partial charge in [0.1, 0.15) is 0 Å². The van der Waals surface area contributed by atoms with Crippen molar-refractivity contribution in [2.24, 2.45) is 5.92 Å². The third kappa shape index (κ3) is 3.35. The number of carbonyl (C=O) groups excluding carboxylic acids is 2. The summed E-state index contributed by atoms with van der Waals surface area (Å²) in [6.45, 7) is 3.09. The van der Waals surface area contributed by atoms with Gasteiger partial charge in [-0.3, -0.25) is 9.59 Å². The Balaban J connectivity index is 1.36. The first-order chi connectivity index (χ1) is 12.6. The van der Waals surface area contributed by atoms with E-state index in [9.17, 15) is 9.59 Å². The Bertz CT molecular complexity index is 940. The molecule has 0 aliphatic carbocycles. The number of fused-ring (bicyclic) bond motifs is 1. The van der Waals surface area contributed by atoms with Crippen molar-refractivity contribution < 1.29 is 14.0 Å². The molecule has 0 saturated carbocycles. The molecule has 2 amide bonds. The number of carbonyl (C=O) groups is 2. The van der Waals surface area contributed by atoms with Gasteiger partial charge in [0.05, 0.1) is 21.5 Å². The molecule has 0 spiro atoms. The molecule has 1 aliphatic heterocycles. The maximum absolute atomic E-state index is 12.6. The number of aryl methyl sites for hydroxylation is 1. The lowest BCUT2D eigenvalue weighted by molar-refractivity contribution is -0.121. The minimum atomic E-state index is -0.111. The van der Waals surface area contributed by atoms with Crippen LogP contribution in [0.3, 0.4) is 0 Å². The van der Waals surface area contributed by atoms with Gasteiger partial charge in [-0.15, -0.1) is 11.3 Å². The molecule has 0 atom stereocenters. The molecule has 1 saturated heterocycles. The Morgan fingerprint density at radius 2 is 2.08 bits per heavy atom. The maximum Gasteiger partial charge on any atom is 0.289 e. The highest BCUT2D eigenvalue weighted by atomic mass is 32.1. The quantitative estimate of drug-likeness (QED) is 0.764. The average molecular weight is 369 g/mol. The summed E-state index contributed by atoms with van der Waals surface area (Å²) < 4.78 is 6.23. The van der Waals surface area contributed by atoms with Gasteiger partial charge >= 0.3 is 0 Å². The van der Waals surface area contributed by atoms with Crippen molar-refractivity contribution in [3.8, 4) is 0 Å². The number of piperidine rings is 1. The number of benzene rings is 1. The Hall–Kier alpha value is -2.67. The van der Waals surface area contributed by atoms with Crippen molar-refractivity contribution in [1.29, 1.82) is 0 Å². The first-order valence-corrected chi connectivity index (χ1v) is 9.42. The predicted octanol–water partition coefficient (Wildman–Crippen LogP) is 3.69. The fourth-order valence-corrected chi connectivity index (χ4v) is 4.13. The van der Waals surface area contributed by atoms with Gasteiger partial charge in [0.2, 0.25) is 5.91 Å². The molecule has 6 nitrogen and oxygen atoms in total. The first-order valence-electron chi connectivity index (χ1n) is 8.61. The zero-order valence-corrected chi connectivity index (χ0v) is 15.2. The molecule has 1 fully saturated rings. The predicted molar refractivity (Wildman–Crippen MR) is 100 cm³/mol. The zero-order valence-electron chi connectivity index (χ0n) is 14.4. The van der Waals surface area contributed by atoms with E-state index in [1.54, 1.807) is 28.4 Å². The molecule has 4 rings (SSSR count). The van der Waals surface area contributed by atoms with Gasteiger partial charge in [-0.05, 0) is 50.1 Å². The number of furan rings is 1. The number of anilines is 1. The highest BCUT2D eigenvalue weighted by Gasteiger charge is 2.28. The number of rotatable bonds is 3. The number of amides is 2. The SMILES string of the molecule is Cc1nc2ccc(NC(=O)C3CCN(C(=O)c4ccco4)CC3)cc2s1. The zero-order chi connectivity index (χ0) is 18.1. The summed E-state index contributed by atoms with van der Waals surface area (Å²) in [6, 6.07) is 9.15. The summed E-state index contributed by atoms with van der Waals surface area (Å²) in [5.74, 6) is 0.158. The number of hydrogen-bond acceptors (Lipinski definition) is 5. The van der Waals surface area contributed by atoms with E-state index >= 15 is 0 Å². The number of aromatic nitrogens is 1. The first kappa shape index (κ1) is 16.8. The van der Waals surface area contributed by atoms with Crippen LogP contribution in [0.2, 0.25) is 0 Å². The number of hydrogen-bond donors (Lipinski definition) is 1. The van der Waals surface area contributed by atoms with Crippen molar-refractivity contribution in [3.05, 3.63) is 47.4 Å². The van der Waals surface area contributed by atoms with Crippen molar-refractivity contribution in [2.75, 3.05) is 18.4 Å². The van der Waals surface area contributed by atoms with Crippen molar-refractivity contribution >= 4 is 39.1 Å². The lowest BCUT2D eigenvalue weighted by Crippen LogP contribution is -2.41. The maximum atomic E-state index is 12.6. The smallest absolute Gasteiger partial charge is 0.289 e. The summed E-state index contributed by atoms with van der Waals surface area (Å²) >= 11 is 1.62. The van der Waals surface area contributed by atoms with Gasteiger partial charge in [-0.1, -0.05) is 0 Å². The Kier molecular flexibility index (Phi) is 4.46. The second-order valence-electron chi connectivity index (χ2n) is 6.45. The fourth-order valence-electron chi connectivity index (χ4n) is 3.26. The Morgan fingerprint density at radius 3 is 2.81 bits per heavy atom. The fraction of sp³-hybridized carbons (Fsp3) is 0.316. The minimum Gasteiger partial charge on any atom is -0.459 e. The molecule has 26 heavy (non-hydrogen) atoms. The van der Waals surface area contributed by atoms with E-state index in [4.69, 9.17) is 4.42 Å². The average Bonchev–Trinajstić information content (AvgIpc) is 3.29. The standard InChI is InChI=1S/C19H19N3O3S/c1-12-20-15-5-4-14(11-17(15)26-12)21-18(23)13-6-8-22(9-7-13)19(24)16-3-2-10-25-16/h2-5,10-11,13H,6-9H2,1H3,(H,21,23). The third-order valence-electron chi connectivity index (χ3n) is 4.65. The Labute approximate surface area is 154 Å². The van der Waals surface area contributed by atoms with Crippen LogP contribution in [0.15, 0.2) is 41.0 Å². The summed E-state index contributed by atoms with van der Waals surface area (Å²) in [5, 5.41) is 4.01. The van der Waals surface area contributed by atoms with Crippen LogP contribution in [-0.4, -0.2) is 34.8 Å². The molecule has 1 aliphatic rings. The van der Waals surface area contributed by atoms with E-state index in [0.29, 0.717) is 31.7 Å². The number of likely N-dealkylation sites (tertiary alicyclic amines) is 1. The van der Waals surface area contributed by atoms with Gasteiger partial charge < -0.3 is 14.6 Å². The van der Waals surface area contributed by atoms with Crippen LogP contribution in [0.1, 0.15) is 28.4 Å². The molecule has 0 unspecified atom stereocenters. The van der Waals surface area contributed by atoms with Gasteiger partial charge in [0.15, 0.2) is 5.76 Å². The van der Waals surface area contributed by atoms with Gasteiger partial charge in [0, 0.05) is 24.7 Å². The van der Waals surface area contributed by atoms with Crippen LogP contribution in [0.25, 0.3) is 10.2 Å². The van der Waals surface area contributed by atoms with Gasteiger partial charge in [-0.25, -0.2) is 4.98 Å². The number of nitrogens with one attached hydrogen (secondary N) is 1. The molecule has 3 heterocycles. The van der Waals surface area contributed by atoms with E-state index in [1.807, 2.05) is 25.1 Å². The topological polar surface area (TPSA) is 75.4 Å². The summed E-state index contributed by atoms with van der Waals surface area (Å²) in [6.07, 6.45) is 2.80. The second kappa shape index (κ2) is 6.92. The van der Waals surface area contributed by atoms with Gasteiger partial charge in [0.25, 0.3) is 5.91 Å². The molecule has 3 aromatic rings. The lowest BCUT2D eigenvalue weighted by atomic mass is 9.95. The molecule has 1 aromatic carbocycles. The number of nitrogens with zero attached hydrogens (tertiary/aromatic N) is 2. The highest BCUT2D eigenvalue weighted by Crippen LogP contribution is 2.26. The molecule has 7 heteroatoms. The molecular weight excluding hydrogens is 350 g/mol. The molecule has 0 radical (unpaired) electrons. The summed E-state index contributed by atoms with van der Waals surface area (Å²) in [4.78, 5) is 31.0. The van der Waals surface area contributed by atoms with Crippen molar-refractivity contribution in [3.63, 3.8) is 0 Å². The minimum absolute atomic E-state index is 0.00989. The van der Waals surface area contributed by atoms with Crippen molar-refractivity contribution in [2.45, 2.75) is 19.8 Å². The lowest BCUT2D eigenvalue weighted by Gasteiger charge is -2.30. The van der Waals surface area contributed by atoms with Crippen LogP contribution < -0.4 is 5.32 Å². The van der Waals surface area contributed by atoms with E-state index in [-0.39, 0.29) is 17.7 Å². The molecule has 1 N–H and O–H groups in total. The van der Waals surface area contributed by atoms with E-state index in [1.165, 1.54) is 6.26 Å². The van der Waals surface area contributed by atoms with E-state index in [2.05, 4.69) is 10.3 Å². The molecule has 0 bridgehead atoms. The summed E-state index contributed by atoms with van der Waals surface area (Å²) in [7, 11) is 0. The van der Waals surface area contributed by atoms with Crippen LogP contribution in [0.4, 0.5) is 5.69 Å². The van der Waals surface area contributed by atoms with Crippen molar-refractivity contribution in [1.82, 2.24) is 9.88 Å². The third-order valence-corrected chi connectivity index (χ3v) is 5.58.